The van der Waals surface area contributed by atoms with E-state index in [2.05, 4.69) is 103 Å². The summed E-state index contributed by atoms with van der Waals surface area (Å²) in [4.78, 5) is 4.95. The number of pyridine rings is 1. The molecule has 0 atom stereocenters. The minimum atomic E-state index is -0.0390. The zero-order valence-electron chi connectivity index (χ0n) is 24.7. The van der Waals surface area contributed by atoms with Gasteiger partial charge < -0.3 is 0 Å². The summed E-state index contributed by atoms with van der Waals surface area (Å²) in [7, 11) is 0. The molecule has 3 heterocycles. The van der Waals surface area contributed by atoms with E-state index in [1.54, 1.807) is 0 Å². The van der Waals surface area contributed by atoms with E-state index in [0.29, 0.717) is 16.9 Å². The molecule has 0 saturated carbocycles. The molecule has 0 saturated heterocycles. The summed E-state index contributed by atoms with van der Waals surface area (Å²) in [6.45, 7) is 26.0. The molecule has 200 valence electrons. The molecule has 0 aromatic carbocycles. The molecule has 5 nitrogen and oxygen atoms in total. The van der Waals surface area contributed by atoms with Crippen LogP contribution in [0, 0.1) is 0 Å². The van der Waals surface area contributed by atoms with E-state index in [1.165, 1.54) is 22.8 Å². The number of halogens is 1. The molecule has 37 heavy (non-hydrogen) atoms. The van der Waals surface area contributed by atoms with Crippen LogP contribution in [0.3, 0.4) is 0 Å². The largest absolute Gasteiger partial charge is 0.245 e. The summed E-state index contributed by atoms with van der Waals surface area (Å²) in [5.41, 5.74) is 7.70. The van der Waals surface area contributed by atoms with E-state index in [4.69, 9.17) is 26.8 Å². The van der Waals surface area contributed by atoms with Crippen LogP contribution in [0.15, 0.2) is 46.6 Å². The minimum Gasteiger partial charge on any atom is -0.245 e. The fourth-order valence-electron chi connectivity index (χ4n) is 4.39. The van der Waals surface area contributed by atoms with E-state index < -0.39 is 0 Å². The Hall–Kier alpha value is -2.66. The van der Waals surface area contributed by atoms with Crippen LogP contribution in [0.25, 0.3) is 0 Å². The van der Waals surface area contributed by atoms with Crippen molar-refractivity contribution in [2.75, 3.05) is 0 Å². The zero-order valence-corrected chi connectivity index (χ0v) is 25.5. The van der Waals surface area contributed by atoms with Gasteiger partial charge in [-0.15, -0.1) is 0 Å². The molecule has 0 radical (unpaired) electrons. The highest BCUT2D eigenvalue weighted by Crippen LogP contribution is 2.30. The van der Waals surface area contributed by atoms with Crippen molar-refractivity contribution in [3.8, 4) is 0 Å². The van der Waals surface area contributed by atoms with Gasteiger partial charge in [0.2, 0.25) is 0 Å². The third kappa shape index (κ3) is 6.43. The third-order valence-corrected chi connectivity index (χ3v) is 6.74. The lowest BCUT2D eigenvalue weighted by Crippen LogP contribution is -2.19. The summed E-state index contributed by atoms with van der Waals surface area (Å²) >= 11 is 6.61. The fourth-order valence-corrected chi connectivity index (χ4v) is 4.60. The van der Waals surface area contributed by atoms with Crippen molar-refractivity contribution in [2.45, 2.75) is 106 Å². The van der Waals surface area contributed by atoms with E-state index in [-0.39, 0.29) is 10.8 Å². The molecule has 3 aromatic rings. The molecular weight excluding hydrogens is 478 g/mol. The first-order chi connectivity index (χ1) is 17.0. The predicted octanol–water partition coefficient (Wildman–Crippen LogP) is 8.72. The molecule has 6 heteroatoms. The van der Waals surface area contributed by atoms with Crippen LogP contribution in [0.5, 0.6) is 0 Å². The first-order valence-electron chi connectivity index (χ1n) is 13.2. The van der Waals surface area contributed by atoms with E-state index in [0.717, 1.165) is 22.8 Å². The molecule has 3 aromatic heterocycles. The van der Waals surface area contributed by atoms with E-state index >= 15 is 0 Å². The average molecular weight is 522 g/mol. The molecule has 0 amide bonds. The van der Waals surface area contributed by atoms with Gasteiger partial charge >= 0.3 is 0 Å². The molecule has 0 aliphatic heterocycles. The zero-order chi connectivity index (χ0) is 27.9. The lowest BCUT2D eigenvalue weighted by atomic mass is 9.92. The minimum absolute atomic E-state index is 0.0390. The quantitative estimate of drug-likeness (QED) is 0.299. The standard InChI is InChI=1S/C31H44ClN5/c1-19(2)26-13-15-28(30(7,8)9)36(26)34-21(5)24-17-23(32)18-25(33-24)22(6)35-37-27(20(3)4)14-16-29(37)31(10,11)12/h13-20H,1-12H3/b34-21+,35-22+. The Balaban J connectivity index is 2.12. The topological polar surface area (TPSA) is 47.5 Å². The number of rotatable bonds is 6. The molecule has 0 fully saturated rings. The molecular formula is C31H44ClN5. The number of nitrogens with zero attached hydrogens (tertiary/aromatic N) is 5. The van der Waals surface area contributed by atoms with E-state index in [9.17, 15) is 0 Å². The van der Waals surface area contributed by atoms with Crippen molar-refractivity contribution in [1.82, 2.24) is 14.3 Å². The van der Waals surface area contributed by atoms with Crippen LogP contribution in [-0.4, -0.2) is 25.8 Å². The maximum Gasteiger partial charge on any atom is 0.0882 e. The summed E-state index contributed by atoms with van der Waals surface area (Å²) in [6.07, 6.45) is 0. The second-order valence-electron chi connectivity index (χ2n) is 12.6. The van der Waals surface area contributed by atoms with Gasteiger partial charge in [0.05, 0.1) is 22.8 Å². The predicted molar refractivity (Wildman–Crippen MR) is 159 cm³/mol. The van der Waals surface area contributed by atoms with Gasteiger partial charge in [0.1, 0.15) is 0 Å². The molecule has 0 aliphatic carbocycles. The van der Waals surface area contributed by atoms with Gasteiger partial charge in [-0.05, 0) is 62.1 Å². The molecule has 0 N–H and O–H groups in total. The average Bonchev–Trinajstić information content (AvgIpc) is 3.37. The smallest absolute Gasteiger partial charge is 0.0882 e. The van der Waals surface area contributed by atoms with Gasteiger partial charge in [-0.3, -0.25) is 0 Å². The fraction of sp³-hybridized carbons (Fsp3) is 0.516. The highest BCUT2D eigenvalue weighted by atomic mass is 35.5. The normalized spacial score (nSPS) is 13.8. The van der Waals surface area contributed by atoms with Crippen molar-refractivity contribution in [1.29, 1.82) is 0 Å². The first-order valence-corrected chi connectivity index (χ1v) is 13.6. The van der Waals surface area contributed by atoms with Crippen LogP contribution in [0.4, 0.5) is 0 Å². The maximum absolute atomic E-state index is 6.61. The second kappa shape index (κ2) is 10.6. The Morgan fingerprint density at radius 1 is 0.703 bits per heavy atom. The monoisotopic (exact) mass is 521 g/mol. The van der Waals surface area contributed by atoms with Gasteiger partial charge in [-0.2, -0.15) is 10.2 Å². The van der Waals surface area contributed by atoms with Crippen molar-refractivity contribution in [2.24, 2.45) is 10.2 Å². The Morgan fingerprint density at radius 2 is 1.05 bits per heavy atom. The van der Waals surface area contributed by atoms with Crippen molar-refractivity contribution in [3.63, 3.8) is 0 Å². The van der Waals surface area contributed by atoms with Gasteiger partial charge in [0.25, 0.3) is 0 Å². The Morgan fingerprint density at radius 3 is 1.35 bits per heavy atom. The Labute approximate surface area is 228 Å². The molecule has 0 aliphatic rings. The molecule has 3 rings (SSSR count). The number of hydrogen-bond donors (Lipinski definition) is 0. The first kappa shape index (κ1) is 28.9. The van der Waals surface area contributed by atoms with Crippen molar-refractivity contribution >= 4 is 23.0 Å². The van der Waals surface area contributed by atoms with Crippen molar-refractivity contribution in [3.05, 3.63) is 75.6 Å². The van der Waals surface area contributed by atoms with Crippen LogP contribution in [0.1, 0.15) is 129 Å². The second-order valence-corrected chi connectivity index (χ2v) is 13.1. The van der Waals surface area contributed by atoms with Gasteiger partial charge in [0.15, 0.2) is 0 Å². The SMILES string of the molecule is C/C(=N\n1c(C(C)C)ccc1C(C)(C)C)c1cc(Cl)cc(/C(C)=N/n2c(C(C)C)ccc2C(C)(C)C)n1. The third-order valence-electron chi connectivity index (χ3n) is 6.52. The summed E-state index contributed by atoms with van der Waals surface area (Å²) in [5, 5.41) is 10.7. The summed E-state index contributed by atoms with van der Waals surface area (Å²) in [5.74, 6) is 0.692. The molecule has 0 spiro atoms. The lowest BCUT2D eigenvalue weighted by Gasteiger charge is -2.22. The van der Waals surface area contributed by atoms with Crippen LogP contribution < -0.4 is 0 Å². The molecule has 0 unspecified atom stereocenters. The Kier molecular flexibility index (Phi) is 8.28. The van der Waals surface area contributed by atoms with Crippen molar-refractivity contribution < 1.29 is 0 Å². The highest BCUT2D eigenvalue weighted by Gasteiger charge is 2.23. The van der Waals surface area contributed by atoms with E-state index in [1.807, 2.05) is 26.0 Å². The maximum atomic E-state index is 6.61. The lowest BCUT2D eigenvalue weighted by molar-refractivity contribution is 0.528. The molecule has 0 bridgehead atoms. The number of aromatic nitrogens is 3. The van der Waals surface area contributed by atoms with Crippen LogP contribution in [-0.2, 0) is 10.8 Å². The van der Waals surface area contributed by atoms with Gasteiger partial charge in [0, 0.05) is 38.6 Å². The number of hydrogen-bond acceptors (Lipinski definition) is 3. The summed E-state index contributed by atoms with van der Waals surface area (Å²) < 4.78 is 4.15. The van der Waals surface area contributed by atoms with Crippen LogP contribution >= 0.6 is 11.6 Å². The Bertz CT molecular complexity index is 1220. The highest BCUT2D eigenvalue weighted by molar-refractivity contribution is 6.31. The summed E-state index contributed by atoms with van der Waals surface area (Å²) in [6, 6.07) is 12.5. The van der Waals surface area contributed by atoms with Gasteiger partial charge in [-0.1, -0.05) is 80.8 Å². The van der Waals surface area contributed by atoms with Gasteiger partial charge in [-0.25, -0.2) is 14.3 Å². The van der Waals surface area contributed by atoms with Crippen LogP contribution in [0.2, 0.25) is 5.02 Å².